The van der Waals surface area contributed by atoms with Gasteiger partial charge in [0.2, 0.25) is 5.91 Å². The van der Waals surface area contributed by atoms with Gasteiger partial charge in [-0.05, 0) is 37.8 Å². The van der Waals surface area contributed by atoms with E-state index in [0.29, 0.717) is 24.2 Å². The van der Waals surface area contributed by atoms with Gasteiger partial charge in [0, 0.05) is 31.8 Å². The standard InChI is InChI=1S/C19H23N3O3/c23-17(22-11-3-4-13(12-22)19(25)9-10-19)8-7-16-18(24)21-15-6-2-1-5-14(15)20-16/h1-2,5-6,13,25H,3-4,7-12H2,(H,21,24). The van der Waals surface area contributed by atoms with E-state index in [1.165, 1.54) is 0 Å². The number of rotatable bonds is 4. The number of aromatic amines is 1. The number of piperidine rings is 1. The maximum Gasteiger partial charge on any atom is 0.270 e. The van der Waals surface area contributed by atoms with E-state index in [9.17, 15) is 14.7 Å². The molecule has 1 saturated carbocycles. The first-order valence-electron chi connectivity index (χ1n) is 9.03. The Kier molecular flexibility index (Phi) is 4.07. The van der Waals surface area contributed by atoms with Crippen LogP contribution in [-0.2, 0) is 11.2 Å². The Bertz CT molecular complexity index is 856. The topological polar surface area (TPSA) is 86.3 Å². The van der Waals surface area contributed by atoms with Crippen molar-refractivity contribution >= 4 is 16.9 Å². The molecule has 2 aromatic rings. The number of hydrogen-bond donors (Lipinski definition) is 2. The molecule has 2 N–H and O–H groups in total. The zero-order valence-electron chi connectivity index (χ0n) is 14.2. The van der Waals surface area contributed by atoms with Gasteiger partial charge in [-0.1, -0.05) is 12.1 Å². The highest BCUT2D eigenvalue weighted by molar-refractivity contribution is 5.77. The minimum atomic E-state index is -0.532. The molecule has 25 heavy (non-hydrogen) atoms. The fourth-order valence-electron chi connectivity index (χ4n) is 3.80. The van der Waals surface area contributed by atoms with Crippen LogP contribution in [0.2, 0.25) is 0 Å². The molecule has 1 aromatic carbocycles. The first kappa shape index (κ1) is 16.3. The molecule has 1 aliphatic heterocycles. The smallest absolute Gasteiger partial charge is 0.270 e. The van der Waals surface area contributed by atoms with Gasteiger partial charge in [-0.15, -0.1) is 0 Å². The summed E-state index contributed by atoms with van der Waals surface area (Å²) in [6.07, 6.45) is 4.26. The average molecular weight is 341 g/mol. The van der Waals surface area contributed by atoms with Crippen molar-refractivity contribution in [3.05, 3.63) is 40.3 Å². The highest BCUT2D eigenvalue weighted by Crippen LogP contribution is 2.45. The Labute approximate surface area is 145 Å². The fourth-order valence-corrected chi connectivity index (χ4v) is 3.80. The van der Waals surface area contributed by atoms with E-state index in [4.69, 9.17) is 0 Å². The van der Waals surface area contributed by atoms with Gasteiger partial charge in [-0.2, -0.15) is 0 Å². The van der Waals surface area contributed by atoms with E-state index < -0.39 is 5.60 Å². The van der Waals surface area contributed by atoms with Crippen LogP contribution in [-0.4, -0.2) is 44.6 Å². The van der Waals surface area contributed by atoms with Crippen molar-refractivity contribution < 1.29 is 9.90 Å². The molecule has 2 fully saturated rings. The summed E-state index contributed by atoms with van der Waals surface area (Å²) < 4.78 is 0. The summed E-state index contributed by atoms with van der Waals surface area (Å²) in [6, 6.07) is 7.39. The monoisotopic (exact) mass is 341 g/mol. The molecular weight excluding hydrogens is 318 g/mol. The molecule has 6 nitrogen and oxygen atoms in total. The van der Waals surface area contributed by atoms with Crippen LogP contribution in [0.15, 0.2) is 29.1 Å². The van der Waals surface area contributed by atoms with Gasteiger partial charge in [0.05, 0.1) is 16.6 Å². The molecule has 132 valence electrons. The van der Waals surface area contributed by atoms with Gasteiger partial charge in [0.25, 0.3) is 5.56 Å². The third kappa shape index (κ3) is 3.31. The van der Waals surface area contributed by atoms with Crippen LogP contribution in [0.1, 0.15) is 37.8 Å². The van der Waals surface area contributed by atoms with Gasteiger partial charge < -0.3 is 15.0 Å². The Balaban J connectivity index is 1.41. The number of amides is 1. The Hall–Kier alpha value is -2.21. The molecule has 2 aliphatic rings. The lowest BCUT2D eigenvalue weighted by Gasteiger charge is -2.35. The molecule has 4 rings (SSSR count). The quantitative estimate of drug-likeness (QED) is 0.885. The van der Waals surface area contributed by atoms with Crippen LogP contribution in [0.5, 0.6) is 0 Å². The lowest BCUT2D eigenvalue weighted by molar-refractivity contribution is -0.134. The van der Waals surface area contributed by atoms with E-state index in [1.807, 2.05) is 29.2 Å². The zero-order chi connectivity index (χ0) is 17.4. The Morgan fingerprint density at radius 1 is 1.36 bits per heavy atom. The number of nitrogens with one attached hydrogen (secondary N) is 1. The number of para-hydroxylation sites is 2. The van der Waals surface area contributed by atoms with Crippen LogP contribution in [0.4, 0.5) is 0 Å². The maximum atomic E-state index is 12.5. The molecular formula is C19H23N3O3. The van der Waals surface area contributed by atoms with Crippen molar-refractivity contribution in [2.24, 2.45) is 5.92 Å². The van der Waals surface area contributed by atoms with Crippen molar-refractivity contribution in [2.45, 2.75) is 44.1 Å². The minimum absolute atomic E-state index is 0.0447. The van der Waals surface area contributed by atoms with Crippen molar-refractivity contribution in [3.63, 3.8) is 0 Å². The molecule has 1 unspecified atom stereocenters. The largest absolute Gasteiger partial charge is 0.390 e. The molecule has 0 bridgehead atoms. The predicted octanol–water partition coefficient (Wildman–Crippen LogP) is 1.62. The second kappa shape index (κ2) is 6.26. The predicted molar refractivity (Wildman–Crippen MR) is 94.2 cm³/mol. The molecule has 1 atom stereocenters. The van der Waals surface area contributed by atoms with E-state index in [1.54, 1.807) is 0 Å². The van der Waals surface area contributed by atoms with Crippen LogP contribution in [0.3, 0.4) is 0 Å². The third-order valence-corrected chi connectivity index (χ3v) is 5.54. The normalized spacial score (nSPS) is 22.1. The first-order valence-corrected chi connectivity index (χ1v) is 9.03. The number of aromatic nitrogens is 2. The molecule has 0 spiro atoms. The van der Waals surface area contributed by atoms with Crippen molar-refractivity contribution in [2.75, 3.05) is 13.1 Å². The zero-order valence-corrected chi connectivity index (χ0v) is 14.2. The number of likely N-dealkylation sites (tertiary alicyclic amines) is 1. The highest BCUT2D eigenvalue weighted by Gasteiger charge is 2.48. The number of carbonyl (C=O) groups is 1. The summed E-state index contributed by atoms with van der Waals surface area (Å²) in [5.74, 6) is 0.246. The summed E-state index contributed by atoms with van der Waals surface area (Å²) >= 11 is 0. The number of aryl methyl sites for hydroxylation is 1. The molecule has 1 aromatic heterocycles. The van der Waals surface area contributed by atoms with Crippen LogP contribution < -0.4 is 5.56 Å². The molecule has 2 heterocycles. The number of nitrogens with zero attached hydrogens (tertiary/aromatic N) is 2. The summed E-state index contributed by atoms with van der Waals surface area (Å²) in [5.41, 5.74) is 1.09. The van der Waals surface area contributed by atoms with Crippen LogP contribution in [0.25, 0.3) is 11.0 Å². The second-order valence-corrected chi connectivity index (χ2v) is 7.31. The lowest BCUT2D eigenvalue weighted by Crippen LogP contribution is -2.44. The number of carbonyl (C=O) groups excluding carboxylic acids is 1. The van der Waals surface area contributed by atoms with E-state index in [2.05, 4.69) is 9.97 Å². The van der Waals surface area contributed by atoms with Gasteiger partial charge in [0.15, 0.2) is 0 Å². The molecule has 0 radical (unpaired) electrons. The van der Waals surface area contributed by atoms with E-state index in [0.717, 1.165) is 37.7 Å². The minimum Gasteiger partial charge on any atom is -0.390 e. The fraction of sp³-hybridized carbons (Fsp3) is 0.526. The summed E-state index contributed by atoms with van der Waals surface area (Å²) in [5, 5.41) is 10.3. The number of hydrogen-bond acceptors (Lipinski definition) is 4. The van der Waals surface area contributed by atoms with Crippen LogP contribution >= 0.6 is 0 Å². The van der Waals surface area contributed by atoms with Crippen molar-refractivity contribution in [3.8, 4) is 0 Å². The van der Waals surface area contributed by atoms with E-state index >= 15 is 0 Å². The SMILES string of the molecule is O=C(CCc1nc2ccccc2[nH]c1=O)N1CCCC(C2(O)CC2)C1. The number of fused-ring (bicyclic) bond motifs is 1. The van der Waals surface area contributed by atoms with Crippen molar-refractivity contribution in [1.82, 2.24) is 14.9 Å². The molecule has 6 heteroatoms. The second-order valence-electron chi connectivity index (χ2n) is 7.31. The molecule has 1 aliphatic carbocycles. The highest BCUT2D eigenvalue weighted by atomic mass is 16.3. The maximum absolute atomic E-state index is 12.5. The lowest BCUT2D eigenvalue weighted by atomic mass is 9.90. The van der Waals surface area contributed by atoms with Crippen LogP contribution in [0, 0.1) is 5.92 Å². The van der Waals surface area contributed by atoms with Crippen molar-refractivity contribution in [1.29, 1.82) is 0 Å². The molecule has 1 saturated heterocycles. The summed E-state index contributed by atoms with van der Waals surface area (Å²) in [4.78, 5) is 33.8. The Morgan fingerprint density at radius 2 is 2.16 bits per heavy atom. The van der Waals surface area contributed by atoms with Gasteiger partial charge in [-0.25, -0.2) is 4.98 Å². The first-order chi connectivity index (χ1) is 12.0. The van der Waals surface area contributed by atoms with Gasteiger partial charge >= 0.3 is 0 Å². The number of benzene rings is 1. The summed E-state index contributed by atoms with van der Waals surface area (Å²) in [7, 11) is 0. The third-order valence-electron chi connectivity index (χ3n) is 5.54. The van der Waals surface area contributed by atoms with Gasteiger partial charge in [-0.3, -0.25) is 9.59 Å². The molecule has 1 amide bonds. The number of H-pyrrole nitrogens is 1. The summed E-state index contributed by atoms with van der Waals surface area (Å²) in [6.45, 7) is 1.38. The number of aliphatic hydroxyl groups is 1. The van der Waals surface area contributed by atoms with E-state index in [-0.39, 0.29) is 23.8 Å². The van der Waals surface area contributed by atoms with Gasteiger partial charge in [0.1, 0.15) is 5.69 Å². The average Bonchev–Trinajstić information content (AvgIpc) is 3.38. The Morgan fingerprint density at radius 3 is 2.96 bits per heavy atom.